The molecule has 4 aliphatic rings. The van der Waals surface area contributed by atoms with Crippen molar-refractivity contribution in [2.45, 2.75) is 65.2 Å². The van der Waals surface area contributed by atoms with E-state index >= 15 is 0 Å². The number of ketones is 1. The number of allylic oxidation sites excluding steroid dienone is 4. The fourth-order valence-corrected chi connectivity index (χ4v) is 6.82. The molecule has 0 radical (unpaired) electrons. The van der Waals surface area contributed by atoms with Crippen molar-refractivity contribution < 1.29 is 4.79 Å². The van der Waals surface area contributed by atoms with Crippen molar-refractivity contribution >= 4 is 5.78 Å². The second kappa shape index (κ2) is 5.58. The maximum atomic E-state index is 11.9. The molecule has 5 unspecified atom stereocenters. The van der Waals surface area contributed by atoms with Crippen LogP contribution in [0.5, 0.6) is 0 Å². The molecule has 0 aliphatic heterocycles. The summed E-state index contributed by atoms with van der Waals surface area (Å²) in [5.41, 5.74) is 1.92. The van der Waals surface area contributed by atoms with Gasteiger partial charge >= 0.3 is 0 Å². The Kier molecular flexibility index (Phi) is 3.75. The third kappa shape index (κ3) is 2.17. The van der Waals surface area contributed by atoms with Gasteiger partial charge in [0.05, 0.1) is 6.07 Å². The highest BCUT2D eigenvalue weighted by Gasteiger charge is 2.57. The van der Waals surface area contributed by atoms with Gasteiger partial charge < -0.3 is 0 Å². The number of rotatable bonds is 2. The first kappa shape index (κ1) is 16.1. The highest BCUT2D eigenvalue weighted by molar-refractivity contribution is 5.92. The molecule has 4 rings (SSSR count). The zero-order valence-corrected chi connectivity index (χ0v) is 15.1. The first-order valence-electron chi connectivity index (χ1n) is 9.79. The molecule has 2 fully saturated rings. The largest absolute Gasteiger partial charge is 0.295 e. The van der Waals surface area contributed by atoms with E-state index in [9.17, 15) is 4.79 Å². The Morgan fingerprint density at radius 3 is 2.83 bits per heavy atom. The Bertz CT molecular complexity index is 653. The molecular weight excluding hydrogens is 294 g/mol. The van der Waals surface area contributed by atoms with Gasteiger partial charge in [0, 0.05) is 12.8 Å². The van der Waals surface area contributed by atoms with Crippen LogP contribution >= 0.6 is 0 Å². The van der Waals surface area contributed by atoms with E-state index in [1.807, 2.05) is 6.08 Å². The molecule has 0 spiro atoms. The quantitative estimate of drug-likeness (QED) is 0.699. The Labute approximate surface area is 146 Å². The molecule has 0 aromatic rings. The van der Waals surface area contributed by atoms with Crippen LogP contribution in [0.4, 0.5) is 0 Å². The van der Waals surface area contributed by atoms with E-state index in [1.54, 1.807) is 0 Å². The van der Waals surface area contributed by atoms with Gasteiger partial charge in [-0.3, -0.25) is 4.79 Å². The molecule has 2 nitrogen and oxygen atoms in total. The standard InChI is InChI=1S/C22H29NO/c1-21-12-10-20-18(19(21)8-6-15(21)4-3-13-23)7-5-16-14-17(24)9-11-22(16,20)2/h5,7,14-15,18-20H,3-4,6,8-12H2,1-2H3/t15-,18?,19?,20?,21?,22?/m0/s1. The molecule has 6 atom stereocenters. The van der Waals surface area contributed by atoms with Gasteiger partial charge in [0.1, 0.15) is 0 Å². The van der Waals surface area contributed by atoms with Gasteiger partial charge in [-0.05, 0) is 84.7 Å². The van der Waals surface area contributed by atoms with Crippen molar-refractivity contribution in [2.24, 2.45) is 34.5 Å². The van der Waals surface area contributed by atoms with Gasteiger partial charge in [-0.25, -0.2) is 0 Å². The number of nitriles is 1. The van der Waals surface area contributed by atoms with E-state index in [-0.39, 0.29) is 5.41 Å². The summed E-state index contributed by atoms with van der Waals surface area (Å²) in [5, 5.41) is 8.98. The van der Waals surface area contributed by atoms with Crippen LogP contribution in [0.15, 0.2) is 23.8 Å². The van der Waals surface area contributed by atoms with Gasteiger partial charge in [0.25, 0.3) is 0 Å². The zero-order chi connectivity index (χ0) is 16.9. The maximum Gasteiger partial charge on any atom is 0.156 e. The predicted octanol–water partition coefficient (Wildman–Crippen LogP) is 5.21. The van der Waals surface area contributed by atoms with Crippen LogP contribution in [0.25, 0.3) is 0 Å². The Morgan fingerprint density at radius 1 is 1.21 bits per heavy atom. The van der Waals surface area contributed by atoms with E-state index in [2.05, 4.69) is 32.1 Å². The summed E-state index contributed by atoms with van der Waals surface area (Å²) in [6.45, 7) is 4.92. The second-order valence-corrected chi connectivity index (χ2v) is 9.15. The molecule has 24 heavy (non-hydrogen) atoms. The van der Waals surface area contributed by atoms with E-state index < -0.39 is 0 Å². The molecule has 2 saturated carbocycles. The molecule has 0 N–H and O–H groups in total. The Hall–Kier alpha value is -1.36. The number of hydrogen-bond donors (Lipinski definition) is 0. The van der Waals surface area contributed by atoms with Gasteiger partial charge in [-0.2, -0.15) is 5.26 Å². The number of carbonyl (C=O) groups excluding carboxylic acids is 1. The SMILES string of the molecule is CC12CCC(=O)C=C1C=CC1C2CCC2(C)C1CC[C@@H]2CCC#N. The maximum absolute atomic E-state index is 11.9. The first-order valence-corrected chi connectivity index (χ1v) is 9.79. The Morgan fingerprint density at radius 2 is 2.04 bits per heavy atom. The third-order valence-electron chi connectivity index (χ3n) is 8.32. The van der Waals surface area contributed by atoms with Crippen molar-refractivity contribution in [1.82, 2.24) is 0 Å². The second-order valence-electron chi connectivity index (χ2n) is 9.15. The molecule has 0 bridgehead atoms. The van der Waals surface area contributed by atoms with E-state index in [1.165, 1.54) is 31.3 Å². The van der Waals surface area contributed by atoms with Crippen molar-refractivity contribution in [3.63, 3.8) is 0 Å². The van der Waals surface area contributed by atoms with Crippen LogP contribution in [0.3, 0.4) is 0 Å². The number of hydrogen-bond acceptors (Lipinski definition) is 2. The molecule has 0 heterocycles. The van der Waals surface area contributed by atoms with E-state index in [4.69, 9.17) is 5.26 Å². The lowest BCUT2D eigenvalue weighted by atomic mass is 9.48. The summed E-state index contributed by atoms with van der Waals surface area (Å²) >= 11 is 0. The normalized spacial score (nSPS) is 46.5. The van der Waals surface area contributed by atoms with Gasteiger partial charge in [-0.1, -0.05) is 26.0 Å². The van der Waals surface area contributed by atoms with Crippen LogP contribution in [0.1, 0.15) is 65.2 Å². The molecule has 0 aromatic carbocycles. The molecular formula is C22H29NO. The summed E-state index contributed by atoms with van der Waals surface area (Å²) in [6.07, 6.45) is 15.4. The van der Waals surface area contributed by atoms with Crippen molar-refractivity contribution in [3.8, 4) is 6.07 Å². The van der Waals surface area contributed by atoms with Crippen LogP contribution < -0.4 is 0 Å². The summed E-state index contributed by atoms with van der Waals surface area (Å²) < 4.78 is 0. The molecule has 0 saturated heterocycles. The number of carbonyl (C=O) groups is 1. The Balaban J connectivity index is 1.65. The topological polar surface area (TPSA) is 40.9 Å². The average molecular weight is 323 g/mol. The van der Waals surface area contributed by atoms with Crippen LogP contribution in [-0.2, 0) is 4.79 Å². The minimum absolute atomic E-state index is 0.208. The molecule has 2 heteroatoms. The lowest BCUT2D eigenvalue weighted by Crippen LogP contribution is -2.48. The molecule has 4 aliphatic carbocycles. The van der Waals surface area contributed by atoms with Crippen molar-refractivity contribution in [2.75, 3.05) is 0 Å². The minimum Gasteiger partial charge on any atom is -0.295 e. The molecule has 128 valence electrons. The summed E-state index contributed by atoms with van der Waals surface area (Å²) in [5.74, 6) is 3.19. The summed E-state index contributed by atoms with van der Waals surface area (Å²) in [4.78, 5) is 11.9. The monoisotopic (exact) mass is 323 g/mol. The zero-order valence-electron chi connectivity index (χ0n) is 15.1. The smallest absolute Gasteiger partial charge is 0.156 e. The third-order valence-corrected chi connectivity index (χ3v) is 8.32. The first-order chi connectivity index (χ1) is 11.5. The minimum atomic E-state index is 0.208. The molecule has 0 aromatic heterocycles. The number of fused-ring (bicyclic) bond motifs is 5. The highest BCUT2D eigenvalue weighted by atomic mass is 16.1. The van der Waals surface area contributed by atoms with Crippen molar-refractivity contribution in [1.29, 1.82) is 5.26 Å². The fraction of sp³-hybridized carbons (Fsp3) is 0.727. The van der Waals surface area contributed by atoms with Crippen LogP contribution in [0, 0.1) is 45.8 Å². The lowest BCUT2D eigenvalue weighted by Gasteiger charge is -2.56. The summed E-state index contributed by atoms with van der Waals surface area (Å²) in [7, 11) is 0. The molecule has 0 amide bonds. The van der Waals surface area contributed by atoms with Gasteiger partial charge in [0.15, 0.2) is 5.78 Å². The predicted molar refractivity (Wildman–Crippen MR) is 95.0 cm³/mol. The summed E-state index contributed by atoms with van der Waals surface area (Å²) in [6, 6.07) is 2.36. The van der Waals surface area contributed by atoms with Gasteiger partial charge in [0.2, 0.25) is 0 Å². The van der Waals surface area contributed by atoms with E-state index in [0.29, 0.717) is 29.5 Å². The van der Waals surface area contributed by atoms with E-state index in [0.717, 1.165) is 31.1 Å². The highest BCUT2D eigenvalue weighted by Crippen LogP contribution is 2.65. The lowest BCUT2D eigenvalue weighted by molar-refractivity contribution is -0.116. The van der Waals surface area contributed by atoms with Crippen LogP contribution in [-0.4, -0.2) is 5.78 Å². The van der Waals surface area contributed by atoms with Crippen molar-refractivity contribution in [3.05, 3.63) is 23.8 Å². The number of nitrogens with zero attached hydrogens (tertiary/aromatic N) is 1. The average Bonchev–Trinajstić information content (AvgIpc) is 2.90. The fourth-order valence-electron chi connectivity index (χ4n) is 6.82. The van der Waals surface area contributed by atoms with Gasteiger partial charge in [-0.15, -0.1) is 0 Å². The van der Waals surface area contributed by atoms with Crippen LogP contribution in [0.2, 0.25) is 0 Å².